The zero-order valence-corrected chi connectivity index (χ0v) is 44.3. The molecule has 0 bridgehead atoms. The molecule has 63 heavy (non-hydrogen) atoms. The minimum atomic E-state index is -2.88. The molecular formula is C52H86O8Si3. The fraction of sp³-hybridized carbons (Fsp3) is 0.635. The van der Waals surface area contributed by atoms with E-state index in [4.69, 9.17) is 27.2 Å². The first kappa shape index (κ1) is 55.0. The highest BCUT2D eigenvalue weighted by molar-refractivity contribution is 6.74. The second-order valence-electron chi connectivity index (χ2n) is 19.8. The molecule has 0 unspecified atom stereocenters. The van der Waals surface area contributed by atoms with Crippen LogP contribution >= 0.6 is 0 Å². The van der Waals surface area contributed by atoms with Crippen molar-refractivity contribution < 1.29 is 37.1 Å². The van der Waals surface area contributed by atoms with E-state index in [1.54, 1.807) is 0 Å². The molecule has 11 heteroatoms. The minimum absolute atomic E-state index is 0.00842. The van der Waals surface area contributed by atoms with Crippen LogP contribution in [0.5, 0.6) is 0 Å². The summed E-state index contributed by atoms with van der Waals surface area (Å²) in [6.07, 6.45) is 0.749. The zero-order valence-electron chi connectivity index (χ0n) is 41.3. The number of hydrogen-bond acceptors (Lipinski definition) is 8. The monoisotopic (exact) mass is 923 g/mol. The van der Waals surface area contributed by atoms with Gasteiger partial charge in [-0.05, 0) is 89.7 Å². The molecule has 0 aliphatic carbocycles. The van der Waals surface area contributed by atoms with Crippen molar-refractivity contribution in [3.63, 3.8) is 0 Å². The molecule has 3 aromatic carbocycles. The number of ether oxygens (including phenoxy) is 2. The highest BCUT2D eigenvalue weighted by atomic mass is 28.4. The average molecular weight is 924 g/mol. The lowest BCUT2D eigenvalue weighted by Gasteiger charge is -2.43. The summed E-state index contributed by atoms with van der Waals surface area (Å²) in [7, 11) is -7.21. The Labute approximate surface area is 386 Å². The predicted octanol–water partition coefficient (Wildman–Crippen LogP) is 13.3. The normalized spacial score (nSPS) is 14.8. The van der Waals surface area contributed by atoms with Crippen molar-refractivity contribution >= 4 is 31.0 Å². The number of rotatable bonds is 32. The molecule has 0 aromatic heterocycles. The molecule has 0 amide bonds. The Morgan fingerprint density at radius 2 is 1.02 bits per heavy atom. The number of aliphatic hydroxyl groups excluding tert-OH is 1. The van der Waals surface area contributed by atoms with E-state index in [1.165, 1.54) is 0 Å². The van der Waals surface area contributed by atoms with E-state index < -0.39 is 37.4 Å². The lowest BCUT2D eigenvalue weighted by molar-refractivity contribution is -0.123. The van der Waals surface area contributed by atoms with Crippen LogP contribution in [0.4, 0.5) is 0 Å². The molecule has 0 heterocycles. The lowest BCUT2D eigenvalue weighted by Crippen LogP contribution is -2.52. The number of ketones is 1. The maximum Gasteiger partial charge on any atom is 0.343 e. The van der Waals surface area contributed by atoms with E-state index in [0.717, 1.165) is 34.8 Å². The van der Waals surface area contributed by atoms with E-state index in [9.17, 15) is 9.90 Å². The molecule has 3 rings (SSSR count). The van der Waals surface area contributed by atoms with Gasteiger partial charge in [-0.1, -0.05) is 160 Å². The van der Waals surface area contributed by atoms with Crippen LogP contribution in [0.15, 0.2) is 91.0 Å². The van der Waals surface area contributed by atoms with Crippen molar-refractivity contribution in [1.82, 2.24) is 0 Å². The molecule has 8 nitrogen and oxygen atoms in total. The van der Waals surface area contributed by atoms with E-state index in [1.807, 2.05) is 54.6 Å². The highest BCUT2D eigenvalue weighted by Gasteiger charge is 2.48. The first-order valence-electron chi connectivity index (χ1n) is 24.0. The molecule has 0 fully saturated rings. The fourth-order valence-corrected chi connectivity index (χ4v) is 16.2. The first-order chi connectivity index (χ1) is 29.9. The largest absolute Gasteiger partial charge is 0.414 e. The van der Waals surface area contributed by atoms with Crippen molar-refractivity contribution in [2.75, 3.05) is 13.2 Å². The summed E-state index contributed by atoms with van der Waals surface area (Å²) in [5, 5.41) is 11.6. The van der Waals surface area contributed by atoms with Crippen LogP contribution in [-0.4, -0.2) is 73.7 Å². The van der Waals surface area contributed by atoms with Crippen LogP contribution in [0, 0.1) is 0 Å². The van der Waals surface area contributed by atoms with Gasteiger partial charge in [0.25, 0.3) is 0 Å². The van der Waals surface area contributed by atoms with Gasteiger partial charge in [0.2, 0.25) is 0 Å². The SMILES string of the molecule is CC[Si](CC)(CC)O[C@@H](CCOCc1ccccc1)C[C@H](O)CC(=O)C[C@H](C[C@H](CCOCc1ccccc1)O[Si](OCc1ccccc1)(C(C)C)C(C)C)O[Si](C)(C)C(C)(C)C. The molecule has 1 N–H and O–H groups in total. The molecular weight excluding hydrogens is 837 g/mol. The van der Waals surface area contributed by atoms with Gasteiger partial charge in [0.05, 0.1) is 38.1 Å². The Morgan fingerprint density at radius 1 is 0.587 bits per heavy atom. The van der Waals surface area contributed by atoms with E-state index in [0.29, 0.717) is 58.7 Å². The molecule has 0 saturated carbocycles. The molecule has 354 valence electrons. The number of aliphatic hydroxyl groups is 1. The quantitative estimate of drug-likeness (QED) is 0.0489. The maximum atomic E-state index is 14.2. The van der Waals surface area contributed by atoms with Crippen LogP contribution in [-0.2, 0) is 51.8 Å². The molecule has 3 aromatic rings. The zero-order chi connectivity index (χ0) is 46.5. The van der Waals surface area contributed by atoms with E-state index >= 15 is 0 Å². The second kappa shape index (κ2) is 27.4. The molecule has 0 aliphatic heterocycles. The Kier molecular flexibility index (Phi) is 23.9. The number of hydrogen-bond donors (Lipinski definition) is 1. The Bertz CT molecular complexity index is 1650. The number of carbonyl (C=O) groups is 1. The number of benzene rings is 3. The van der Waals surface area contributed by atoms with Crippen molar-refractivity contribution in [3.8, 4) is 0 Å². The lowest BCUT2D eigenvalue weighted by atomic mass is 9.99. The Balaban J connectivity index is 1.86. The van der Waals surface area contributed by atoms with Gasteiger partial charge in [-0.3, -0.25) is 4.79 Å². The van der Waals surface area contributed by atoms with Crippen LogP contribution in [0.25, 0.3) is 0 Å². The van der Waals surface area contributed by atoms with Crippen molar-refractivity contribution in [2.24, 2.45) is 0 Å². The summed E-state index contributed by atoms with van der Waals surface area (Å²) in [5.74, 6) is -0.00842. The molecule has 0 aliphatic rings. The summed E-state index contributed by atoms with van der Waals surface area (Å²) in [4.78, 5) is 14.2. The van der Waals surface area contributed by atoms with Crippen molar-refractivity contribution in [3.05, 3.63) is 108 Å². The Hall–Kier alpha value is -2.30. The summed E-state index contributed by atoms with van der Waals surface area (Å²) < 4.78 is 40.9. The standard InChI is InChI=1S/C52H86O8Si3/c1-13-62(14-2,15-3)59-49(31-33-55-39-44-25-19-16-20-26-44)36-47(53)35-48(54)37-51(58-61(11,12)52(8,9)10)38-50(32-34-56-40-45-27-21-17-22-28-45)60-63(42(4)5,43(6)7)57-41-46-29-23-18-24-30-46/h16-30,42-43,47,49-51,53H,13-15,31-41H2,1-12H3/t47-,49+,50+,51-/m1/s1. The third-order valence-electron chi connectivity index (χ3n) is 13.3. The van der Waals surface area contributed by atoms with Crippen LogP contribution in [0.3, 0.4) is 0 Å². The van der Waals surface area contributed by atoms with Gasteiger partial charge < -0.3 is 32.3 Å². The van der Waals surface area contributed by atoms with Crippen molar-refractivity contribution in [2.45, 2.75) is 199 Å². The average Bonchev–Trinajstić information content (AvgIpc) is 3.24. The maximum absolute atomic E-state index is 14.2. The van der Waals surface area contributed by atoms with Crippen LogP contribution < -0.4 is 0 Å². The highest BCUT2D eigenvalue weighted by Crippen LogP contribution is 2.41. The summed E-state index contributed by atoms with van der Waals surface area (Å²) >= 11 is 0. The topological polar surface area (TPSA) is 92.7 Å². The van der Waals surface area contributed by atoms with Gasteiger partial charge in [0.15, 0.2) is 16.6 Å². The van der Waals surface area contributed by atoms with Crippen LogP contribution in [0.1, 0.15) is 124 Å². The van der Waals surface area contributed by atoms with Crippen molar-refractivity contribution in [1.29, 1.82) is 0 Å². The number of Topliss-reactive ketones (excluding diaryl/α,β-unsaturated/α-hetero) is 1. The minimum Gasteiger partial charge on any atom is -0.414 e. The first-order valence-corrected chi connectivity index (χ1v) is 31.4. The summed E-state index contributed by atoms with van der Waals surface area (Å²) in [6.45, 7) is 29.3. The second-order valence-corrected chi connectivity index (χ2v) is 33.5. The predicted molar refractivity (Wildman–Crippen MR) is 267 cm³/mol. The molecule has 0 saturated heterocycles. The van der Waals surface area contributed by atoms with Gasteiger partial charge in [-0.2, -0.15) is 0 Å². The molecule has 4 atom stereocenters. The molecule has 0 spiro atoms. The smallest absolute Gasteiger partial charge is 0.343 e. The van der Waals surface area contributed by atoms with E-state index in [2.05, 4.69) is 119 Å². The van der Waals surface area contributed by atoms with Crippen LogP contribution in [0.2, 0.25) is 47.3 Å². The van der Waals surface area contributed by atoms with Gasteiger partial charge in [-0.25, -0.2) is 0 Å². The van der Waals surface area contributed by atoms with Gasteiger partial charge in [0.1, 0.15) is 5.78 Å². The third-order valence-corrected chi connectivity index (χ3v) is 27.0. The molecule has 0 radical (unpaired) electrons. The third kappa shape index (κ3) is 18.8. The fourth-order valence-electron chi connectivity index (χ4n) is 8.15. The van der Waals surface area contributed by atoms with Gasteiger partial charge >= 0.3 is 8.56 Å². The van der Waals surface area contributed by atoms with E-state index in [-0.39, 0.29) is 47.0 Å². The number of carbonyl (C=O) groups excluding carboxylic acids is 1. The Morgan fingerprint density at radius 3 is 1.43 bits per heavy atom. The summed E-state index contributed by atoms with van der Waals surface area (Å²) in [5.41, 5.74) is 3.70. The summed E-state index contributed by atoms with van der Waals surface area (Å²) in [6, 6.07) is 33.8. The van der Waals surface area contributed by atoms with Gasteiger partial charge in [0, 0.05) is 32.2 Å². The van der Waals surface area contributed by atoms with Gasteiger partial charge in [-0.15, -0.1) is 0 Å².